The SMILES string of the molecule is CC(C(=O)O)c1ccc2c(c1)CCC(c1ccccc1)N2C. The van der Waals surface area contributed by atoms with Crippen molar-refractivity contribution >= 4 is 11.7 Å². The molecule has 0 aliphatic carbocycles. The maximum absolute atomic E-state index is 11.2. The monoisotopic (exact) mass is 295 g/mol. The Hall–Kier alpha value is -2.29. The van der Waals surface area contributed by atoms with Gasteiger partial charge in [-0.05, 0) is 42.5 Å². The molecule has 1 N–H and O–H groups in total. The highest BCUT2D eigenvalue weighted by Gasteiger charge is 2.25. The number of carboxylic acid groups (broad SMARTS) is 1. The number of aryl methyl sites for hydroxylation is 1. The van der Waals surface area contributed by atoms with Crippen molar-refractivity contribution in [2.75, 3.05) is 11.9 Å². The molecule has 2 aromatic rings. The molecule has 1 aliphatic heterocycles. The molecule has 114 valence electrons. The van der Waals surface area contributed by atoms with Gasteiger partial charge in [-0.1, -0.05) is 42.5 Å². The van der Waals surface area contributed by atoms with Crippen molar-refractivity contribution in [1.29, 1.82) is 0 Å². The van der Waals surface area contributed by atoms with Crippen molar-refractivity contribution in [3.63, 3.8) is 0 Å². The van der Waals surface area contributed by atoms with Crippen LogP contribution in [-0.4, -0.2) is 18.1 Å². The molecule has 2 aromatic carbocycles. The minimum absolute atomic E-state index is 0.386. The first-order valence-corrected chi connectivity index (χ1v) is 7.71. The predicted octanol–water partition coefficient (Wildman–Crippen LogP) is 4.00. The fraction of sp³-hybridized carbons (Fsp3) is 0.316. The fourth-order valence-electron chi connectivity index (χ4n) is 3.28. The maximum Gasteiger partial charge on any atom is 0.310 e. The fourth-order valence-corrected chi connectivity index (χ4v) is 3.28. The quantitative estimate of drug-likeness (QED) is 0.930. The first kappa shape index (κ1) is 14.6. The third-order valence-corrected chi connectivity index (χ3v) is 4.69. The Kier molecular flexibility index (Phi) is 3.88. The second kappa shape index (κ2) is 5.84. The first-order valence-electron chi connectivity index (χ1n) is 7.71. The smallest absolute Gasteiger partial charge is 0.310 e. The summed E-state index contributed by atoms with van der Waals surface area (Å²) in [5.41, 5.74) is 4.68. The average Bonchev–Trinajstić information content (AvgIpc) is 2.55. The highest BCUT2D eigenvalue weighted by Crippen LogP contribution is 2.38. The Labute approximate surface area is 131 Å². The van der Waals surface area contributed by atoms with Crippen LogP contribution >= 0.6 is 0 Å². The van der Waals surface area contributed by atoms with E-state index in [1.54, 1.807) is 6.92 Å². The number of rotatable bonds is 3. The van der Waals surface area contributed by atoms with E-state index in [4.69, 9.17) is 0 Å². The minimum Gasteiger partial charge on any atom is -0.481 e. The molecule has 22 heavy (non-hydrogen) atoms. The van der Waals surface area contributed by atoms with E-state index in [2.05, 4.69) is 48.3 Å². The lowest BCUT2D eigenvalue weighted by molar-refractivity contribution is -0.138. The van der Waals surface area contributed by atoms with Crippen LogP contribution in [0.5, 0.6) is 0 Å². The Balaban J connectivity index is 1.91. The number of hydrogen-bond acceptors (Lipinski definition) is 2. The van der Waals surface area contributed by atoms with Crippen molar-refractivity contribution < 1.29 is 9.90 Å². The van der Waals surface area contributed by atoms with Gasteiger partial charge < -0.3 is 10.0 Å². The van der Waals surface area contributed by atoms with E-state index >= 15 is 0 Å². The molecular formula is C19H21NO2. The van der Waals surface area contributed by atoms with Crippen LogP contribution in [0.4, 0.5) is 5.69 Å². The topological polar surface area (TPSA) is 40.5 Å². The molecule has 2 atom stereocenters. The number of nitrogens with zero attached hydrogens (tertiary/aromatic N) is 1. The standard InChI is InChI=1S/C19H21NO2/c1-13(19(21)22)15-8-10-18-16(12-15)9-11-17(20(18)2)14-6-4-3-5-7-14/h3-8,10,12-13,17H,9,11H2,1-2H3,(H,21,22). The predicted molar refractivity (Wildman–Crippen MR) is 88.4 cm³/mol. The zero-order chi connectivity index (χ0) is 15.7. The second-order valence-corrected chi connectivity index (χ2v) is 6.02. The van der Waals surface area contributed by atoms with E-state index in [-0.39, 0.29) is 0 Å². The van der Waals surface area contributed by atoms with Crippen LogP contribution in [-0.2, 0) is 11.2 Å². The van der Waals surface area contributed by atoms with Gasteiger partial charge in [0.1, 0.15) is 0 Å². The highest BCUT2D eigenvalue weighted by atomic mass is 16.4. The lowest BCUT2D eigenvalue weighted by Gasteiger charge is -2.36. The lowest BCUT2D eigenvalue weighted by atomic mass is 9.89. The Bertz CT molecular complexity index is 681. The molecule has 3 nitrogen and oxygen atoms in total. The first-order chi connectivity index (χ1) is 10.6. The summed E-state index contributed by atoms with van der Waals surface area (Å²) in [7, 11) is 2.12. The van der Waals surface area contributed by atoms with Gasteiger partial charge in [-0.15, -0.1) is 0 Å². The molecule has 0 spiro atoms. The molecule has 0 amide bonds. The van der Waals surface area contributed by atoms with E-state index < -0.39 is 11.9 Å². The molecule has 0 aromatic heterocycles. The molecule has 0 bridgehead atoms. The van der Waals surface area contributed by atoms with Crippen LogP contribution in [0.3, 0.4) is 0 Å². The van der Waals surface area contributed by atoms with E-state index in [0.717, 1.165) is 18.4 Å². The van der Waals surface area contributed by atoms with Gasteiger partial charge in [-0.25, -0.2) is 0 Å². The zero-order valence-corrected chi connectivity index (χ0v) is 13.0. The van der Waals surface area contributed by atoms with Crippen molar-refractivity contribution in [1.82, 2.24) is 0 Å². The van der Waals surface area contributed by atoms with Crippen LogP contribution in [0.1, 0.15) is 42.0 Å². The summed E-state index contributed by atoms with van der Waals surface area (Å²) in [6.45, 7) is 1.74. The van der Waals surface area contributed by atoms with E-state index in [0.29, 0.717) is 6.04 Å². The van der Waals surface area contributed by atoms with Gasteiger partial charge in [0.15, 0.2) is 0 Å². The summed E-state index contributed by atoms with van der Waals surface area (Å²) in [5, 5.41) is 9.17. The van der Waals surface area contributed by atoms with Crippen molar-refractivity contribution in [3.05, 3.63) is 65.2 Å². The number of carboxylic acids is 1. The lowest BCUT2D eigenvalue weighted by Crippen LogP contribution is -2.29. The molecular weight excluding hydrogens is 274 g/mol. The van der Waals surface area contributed by atoms with Crippen LogP contribution in [0.2, 0.25) is 0 Å². The van der Waals surface area contributed by atoms with Crippen molar-refractivity contribution in [3.8, 4) is 0 Å². The van der Waals surface area contributed by atoms with Crippen LogP contribution in [0.15, 0.2) is 48.5 Å². The molecule has 0 fully saturated rings. The molecule has 0 saturated heterocycles. The van der Waals surface area contributed by atoms with Gasteiger partial charge in [-0.2, -0.15) is 0 Å². The van der Waals surface area contributed by atoms with Crippen LogP contribution in [0, 0.1) is 0 Å². The Morgan fingerprint density at radius 3 is 2.64 bits per heavy atom. The van der Waals surface area contributed by atoms with Gasteiger partial charge in [-0.3, -0.25) is 4.79 Å². The molecule has 2 unspecified atom stereocenters. The van der Waals surface area contributed by atoms with Gasteiger partial charge in [0, 0.05) is 12.7 Å². The summed E-state index contributed by atoms with van der Waals surface area (Å²) in [6.07, 6.45) is 2.04. The molecule has 0 radical (unpaired) electrons. The largest absolute Gasteiger partial charge is 0.481 e. The average molecular weight is 295 g/mol. The summed E-state index contributed by atoms with van der Waals surface area (Å²) in [6, 6.07) is 17.0. The number of benzene rings is 2. The molecule has 3 heteroatoms. The minimum atomic E-state index is -0.772. The molecule has 1 aliphatic rings. The number of hydrogen-bond donors (Lipinski definition) is 1. The van der Waals surface area contributed by atoms with Gasteiger partial charge >= 0.3 is 5.97 Å². The number of aliphatic carboxylic acids is 1. The Morgan fingerprint density at radius 2 is 1.95 bits per heavy atom. The molecule has 1 heterocycles. The maximum atomic E-state index is 11.2. The number of carbonyl (C=O) groups is 1. The zero-order valence-electron chi connectivity index (χ0n) is 13.0. The summed E-state index contributed by atoms with van der Waals surface area (Å²) < 4.78 is 0. The van der Waals surface area contributed by atoms with Crippen LogP contribution < -0.4 is 4.90 Å². The number of fused-ring (bicyclic) bond motifs is 1. The summed E-state index contributed by atoms with van der Waals surface area (Å²) in [4.78, 5) is 13.5. The van der Waals surface area contributed by atoms with E-state index in [9.17, 15) is 9.90 Å². The summed E-state index contributed by atoms with van der Waals surface area (Å²) in [5.74, 6) is -1.23. The van der Waals surface area contributed by atoms with Crippen molar-refractivity contribution in [2.45, 2.75) is 31.7 Å². The Morgan fingerprint density at radius 1 is 1.23 bits per heavy atom. The van der Waals surface area contributed by atoms with Crippen molar-refractivity contribution in [2.24, 2.45) is 0 Å². The third kappa shape index (κ3) is 2.59. The molecule has 0 saturated carbocycles. The highest BCUT2D eigenvalue weighted by molar-refractivity contribution is 5.76. The van der Waals surface area contributed by atoms with Gasteiger partial charge in [0.05, 0.1) is 12.0 Å². The van der Waals surface area contributed by atoms with E-state index in [1.165, 1.54) is 16.8 Å². The van der Waals surface area contributed by atoms with Gasteiger partial charge in [0.25, 0.3) is 0 Å². The van der Waals surface area contributed by atoms with Gasteiger partial charge in [0.2, 0.25) is 0 Å². The number of anilines is 1. The normalized spacial score (nSPS) is 18.6. The molecule has 3 rings (SSSR count). The van der Waals surface area contributed by atoms with E-state index in [1.807, 2.05) is 12.1 Å². The third-order valence-electron chi connectivity index (χ3n) is 4.69. The summed E-state index contributed by atoms with van der Waals surface area (Å²) >= 11 is 0. The second-order valence-electron chi connectivity index (χ2n) is 6.02. The van der Waals surface area contributed by atoms with Crippen LogP contribution in [0.25, 0.3) is 0 Å².